The van der Waals surface area contributed by atoms with Gasteiger partial charge >= 0.3 is 0 Å². The van der Waals surface area contributed by atoms with Crippen molar-refractivity contribution in [2.24, 2.45) is 17.2 Å². The second-order valence-corrected chi connectivity index (χ2v) is 15.8. The SMILES string of the molecule is N[C@@H]1[C@@H](OCc2ccccc2)[C@@H](O[C@@H]2O[C@H](COCc3ccccc3)[C@H](O[C@@H]3O[C@H](CO)[C@H](O)[C@H](O)[C@H]3N)[C@H](OCc3ccccc3)[C@H]2N)[C@@H](COCc2ccccc2)O[C@H]1O. The van der Waals surface area contributed by atoms with Crippen molar-refractivity contribution in [1.82, 2.24) is 0 Å². The largest absolute Gasteiger partial charge is 0.394 e. The second kappa shape index (κ2) is 22.7. The van der Waals surface area contributed by atoms with Crippen molar-refractivity contribution in [2.45, 2.75) is 118 Å². The molecule has 62 heavy (non-hydrogen) atoms. The minimum Gasteiger partial charge on any atom is -0.394 e. The van der Waals surface area contributed by atoms with Crippen molar-refractivity contribution in [2.75, 3.05) is 19.8 Å². The first kappa shape index (κ1) is 46.2. The van der Waals surface area contributed by atoms with Gasteiger partial charge in [0.15, 0.2) is 18.9 Å². The van der Waals surface area contributed by atoms with Gasteiger partial charge in [0, 0.05) is 0 Å². The van der Waals surface area contributed by atoms with Crippen LogP contribution in [0.5, 0.6) is 0 Å². The predicted molar refractivity (Wildman–Crippen MR) is 223 cm³/mol. The van der Waals surface area contributed by atoms with Crippen LogP contribution in [0, 0.1) is 0 Å². The standard InChI is InChI=1S/C46H59N3O13/c47-35-39(52)38(51)32(21-50)59-45(35)61-41-34(27-55-23-29-15-7-2-8-16-29)60-46(37(49)43(41)57-25-31-19-11-4-12-20-31)62-40-33(26-54-22-28-13-5-1-6-14-28)58-44(53)36(48)42(40)56-24-30-17-9-3-10-18-30/h1-20,32-46,50-53H,21-27,47-49H2/t32-,33-,34-,35-,36-,37-,38+,39-,40+,41+,42-,43-,44-,45+,46+/m1/s1. The summed E-state index contributed by atoms with van der Waals surface area (Å²) >= 11 is 0. The Hall–Kier alpha value is -3.76. The van der Waals surface area contributed by atoms with Crippen LogP contribution < -0.4 is 17.2 Å². The molecule has 0 amide bonds. The highest BCUT2D eigenvalue weighted by atomic mass is 16.7. The summed E-state index contributed by atoms with van der Waals surface area (Å²) in [6, 6.07) is 34.8. The Morgan fingerprint density at radius 2 is 0.823 bits per heavy atom. The highest BCUT2D eigenvalue weighted by Gasteiger charge is 2.54. The zero-order valence-electron chi connectivity index (χ0n) is 34.4. The molecule has 16 heteroatoms. The van der Waals surface area contributed by atoms with E-state index in [9.17, 15) is 20.4 Å². The Kier molecular flexibility index (Phi) is 17.0. The van der Waals surface area contributed by atoms with Gasteiger partial charge in [0.25, 0.3) is 0 Å². The third-order valence-corrected chi connectivity index (χ3v) is 11.3. The Labute approximate surface area is 361 Å². The number of aliphatic hydroxyl groups is 4. The van der Waals surface area contributed by atoms with E-state index in [1.54, 1.807) is 0 Å². The van der Waals surface area contributed by atoms with E-state index in [4.69, 9.17) is 59.8 Å². The number of rotatable bonds is 19. The average Bonchev–Trinajstić information content (AvgIpc) is 3.30. The fourth-order valence-electron chi connectivity index (χ4n) is 7.80. The summed E-state index contributed by atoms with van der Waals surface area (Å²) in [4.78, 5) is 0. The molecule has 16 nitrogen and oxygen atoms in total. The molecule has 0 unspecified atom stereocenters. The van der Waals surface area contributed by atoms with Gasteiger partial charge in [-0.05, 0) is 22.3 Å². The highest BCUT2D eigenvalue weighted by molar-refractivity contribution is 5.16. The molecule has 0 radical (unpaired) electrons. The maximum atomic E-state index is 11.1. The fourth-order valence-corrected chi connectivity index (χ4v) is 7.80. The summed E-state index contributed by atoms with van der Waals surface area (Å²) in [5.74, 6) is 0. The van der Waals surface area contributed by atoms with Crippen LogP contribution in [0.1, 0.15) is 22.3 Å². The maximum absolute atomic E-state index is 11.1. The van der Waals surface area contributed by atoms with Gasteiger partial charge in [-0.25, -0.2) is 0 Å². The van der Waals surface area contributed by atoms with Gasteiger partial charge in [0.2, 0.25) is 0 Å². The number of ether oxygens (including phenoxy) is 9. The van der Waals surface area contributed by atoms with Crippen molar-refractivity contribution < 1.29 is 63.1 Å². The quantitative estimate of drug-likeness (QED) is 0.0701. The van der Waals surface area contributed by atoms with Crippen LogP contribution in [0.2, 0.25) is 0 Å². The lowest BCUT2D eigenvalue weighted by Gasteiger charge is -2.50. The number of aliphatic hydroxyl groups excluding tert-OH is 4. The summed E-state index contributed by atoms with van der Waals surface area (Å²) < 4.78 is 57.6. The van der Waals surface area contributed by atoms with Gasteiger partial charge in [-0.3, -0.25) is 0 Å². The van der Waals surface area contributed by atoms with E-state index in [-0.39, 0.29) is 39.6 Å². The van der Waals surface area contributed by atoms with E-state index in [0.717, 1.165) is 22.3 Å². The lowest BCUT2D eigenvalue weighted by Crippen LogP contribution is -2.70. The maximum Gasteiger partial charge on any atom is 0.176 e. The normalized spacial score (nSPS) is 33.9. The minimum absolute atomic E-state index is 0.0170. The van der Waals surface area contributed by atoms with Gasteiger partial charge in [0.1, 0.15) is 54.9 Å². The zero-order valence-corrected chi connectivity index (χ0v) is 34.4. The van der Waals surface area contributed by atoms with E-state index in [1.807, 2.05) is 121 Å². The van der Waals surface area contributed by atoms with Crippen LogP contribution in [-0.4, -0.2) is 132 Å². The molecule has 10 N–H and O–H groups in total. The number of nitrogens with two attached hydrogens (primary N) is 3. The van der Waals surface area contributed by atoms with Crippen LogP contribution in [0.4, 0.5) is 0 Å². The lowest BCUT2D eigenvalue weighted by atomic mass is 9.94. The first-order valence-corrected chi connectivity index (χ1v) is 20.9. The van der Waals surface area contributed by atoms with E-state index in [2.05, 4.69) is 0 Å². The monoisotopic (exact) mass is 861 g/mol. The Balaban J connectivity index is 1.20. The topological polar surface area (TPSA) is 242 Å². The summed E-state index contributed by atoms with van der Waals surface area (Å²) in [5.41, 5.74) is 23.7. The first-order valence-electron chi connectivity index (χ1n) is 20.9. The van der Waals surface area contributed by atoms with Crippen molar-refractivity contribution in [3.63, 3.8) is 0 Å². The summed E-state index contributed by atoms with van der Waals surface area (Å²) in [6.45, 7) is 0.0340. The predicted octanol–water partition coefficient (Wildman–Crippen LogP) is 1.22. The smallest absolute Gasteiger partial charge is 0.176 e. The molecular formula is C46H59N3O13. The zero-order chi connectivity index (χ0) is 43.4. The van der Waals surface area contributed by atoms with E-state index in [1.165, 1.54) is 0 Å². The molecule has 4 aromatic rings. The fraction of sp³-hybridized carbons (Fsp3) is 0.478. The van der Waals surface area contributed by atoms with Crippen LogP contribution in [0.25, 0.3) is 0 Å². The number of hydrogen-bond donors (Lipinski definition) is 7. The van der Waals surface area contributed by atoms with Crippen LogP contribution in [0.15, 0.2) is 121 Å². The Morgan fingerprint density at radius 3 is 1.27 bits per heavy atom. The molecule has 15 atom stereocenters. The summed E-state index contributed by atoms with van der Waals surface area (Å²) in [6.07, 6.45) is -14.0. The summed E-state index contributed by atoms with van der Waals surface area (Å²) in [5, 5.41) is 42.6. The summed E-state index contributed by atoms with van der Waals surface area (Å²) in [7, 11) is 0. The van der Waals surface area contributed by atoms with Gasteiger partial charge < -0.3 is 80.3 Å². The number of hydrogen-bond acceptors (Lipinski definition) is 16. The van der Waals surface area contributed by atoms with E-state index in [0.29, 0.717) is 0 Å². The third-order valence-electron chi connectivity index (χ3n) is 11.3. The van der Waals surface area contributed by atoms with Gasteiger partial charge in [0.05, 0.1) is 64.4 Å². The molecular weight excluding hydrogens is 803 g/mol. The first-order chi connectivity index (χ1) is 30.2. The molecule has 3 saturated heterocycles. The van der Waals surface area contributed by atoms with Gasteiger partial charge in [-0.2, -0.15) is 0 Å². The van der Waals surface area contributed by atoms with Crippen LogP contribution in [0.3, 0.4) is 0 Å². The Bertz CT molecular complexity index is 1870. The van der Waals surface area contributed by atoms with E-state index >= 15 is 0 Å². The average molecular weight is 862 g/mol. The molecule has 0 aromatic heterocycles. The van der Waals surface area contributed by atoms with Crippen molar-refractivity contribution in [1.29, 1.82) is 0 Å². The molecule has 0 saturated carbocycles. The third kappa shape index (κ3) is 11.9. The lowest BCUT2D eigenvalue weighted by molar-refractivity contribution is -0.355. The molecule has 7 rings (SSSR count). The second-order valence-electron chi connectivity index (χ2n) is 15.8. The molecule has 0 bridgehead atoms. The Morgan fingerprint density at radius 1 is 0.435 bits per heavy atom. The van der Waals surface area contributed by atoms with Crippen molar-refractivity contribution in [3.8, 4) is 0 Å². The highest BCUT2D eigenvalue weighted by Crippen LogP contribution is 2.34. The van der Waals surface area contributed by atoms with E-state index < -0.39 is 98.5 Å². The molecule has 0 spiro atoms. The molecule has 3 aliphatic rings. The van der Waals surface area contributed by atoms with Crippen LogP contribution in [-0.2, 0) is 69.1 Å². The number of benzene rings is 4. The molecule has 0 aliphatic carbocycles. The van der Waals surface area contributed by atoms with Gasteiger partial charge in [-0.15, -0.1) is 0 Å². The molecule has 3 aliphatic heterocycles. The van der Waals surface area contributed by atoms with Crippen LogP contribution >= 0.6 is 0 Å². The van der Waals surface area contributed by atoms with Crippen molar-refractivity contribution >= 4 is 0 Å². The van der Waals surface area contributed by atoms with Gasteiger partial charge in [-0.1, -0.05) is 121 Å². The van der Waals surface area contributed by atoms with Crippen molar-refractivity contribution in [3.05, 3.63) is 144 Å². The molecule has 336 valence electrons. The molecule has 4 aromatic carbocycles. The minimum atomic E-state index is -1.49. The molecule has 3 heterocycles. The molecule has 3 fully saturated rings.